The van der Waals surface area contributed by atoms with Crippen molar-refractivity contribution in [1.29, 1.82) is 5.26 Å². The summed E-state index contributed by atoms with van der Waals surface area (Å²) in [5, 5.41) is 19.5. The first-order valence-electron chi connectivity index (χ1n) is 11.8. The molecule has 2 atom stereocenters. The highest BCUT2D eigenvalue weighted by Crippen LogP contribution is 2.42. The average Bonchev–Trinajstić information content (AvgIpc) is 3.33. The predicted molar refractivity (Wildman–Crippen MR) is 121 cm³/mol. The molecule has 5 rings (SSSR count). The third kappa shape index (κ3) is 3.80. The molecule has 1 aromatic heterocycles. The number of aliphatic hydroxyl groups is 1. The Balaban J connectivity index is 1.31. The average molecular weight is 431 g/mol. The van der Waals surface area contributed by atoms with E-state index in [4.69, 9.17) is 5.26 Å². The van der Waals surface area contributed by atoms with Crippen molar-refractivity contribution in [2.24, 2.45) is 0 Å². The molecule has 32 heavy (non-hydrogen) atoms. The number of hydrogen-bond acceptors (Lipinski definition) is 5. The second-order valence-corrected chi connectivity index (χ2v) is 9.55. The topological polar surface area (TPSA) is 80.5 Å². The van der Waals surface area contributed by atoms with Crippen molar-refractivity contribution in [3.63, 3.8) is 0 Å². The number of pyridine rings is 1. The molecule has 1 aliphatic carbocycles. The first-order valence-corrected chi connectivity index (χ1v) is 11.8. The summed E-state index contributed by atoms with van der Waals surface area (Å²) in [7, 11) is 0. The number of benzene rings is 1. The number of nitriles is 1. The minimum absolute atomic E-state index is 0.225. The lowest BCUT2D eigenvalue weighted by molar-refractivity contribution is -0.139. The summed E-state index contributed by atoms with van der Waals surface area (Å²) in [6.45, 7) is 1.95. The molecule has 0 bridgehead atoms. The molecule has 6 heteroatoms. The first kappa shape index (κ1) is 21.1. The van der Waals surface area contributed by atoms with Gasteiger partial charge in [0, 0.05) is 43.9 Å². The summed E-state index contributed by atoms with van der Waals surface area (Å²) in [6.07, 6.45) is 8.68. The van der Waals surface area contributed by atoms with E-state index < -0.39 is 11.6 Å². The summed E-state index contributed by atoms with van der Waals surface area (Å²) < 4.78 is 0. The van der Waals surface area contributed by atoms with Crippen LogP contribution in [0.1, 0.15) is 56.1 Å². The van der Waals surface area contributed by atoms with Crippen LogP contribution in [0.4, 0.5) is 0 Å². The number of nitrogens with zero attached hydrogens (tertiary/aromatic N) is 4. The highest BCUT2D eigenvalue weighted by molar-refractivity contribution is 5.89. The van der Waals surface area contributed by atoms with Gasteiger partial charge in [0.25, 0.3) is 0 Å². The fraction of sp³-hybridized carbons (Fsp3) is 0.500. The molecular weight excluding hydrogens is 400 g/mol. The molecule has 1 spiro atoms. The number of carbonyl (C=O) groups excluding carboxylic acids is 1. The van der Waals surface area contributed by atoms with Gasteiger partial charge >= 0.3 is 0 Å². The van der Waals surface area contributed by atoms with Crippen molar-refractivity contribution in [3.05, 3.63) is 53.7 Å². The van der Waals surface area contributed by atoms with Gasteiger partial charge in [-0.1, -0.05) is 37.5 Å². The van der Waals surface area contributed by atoms with Gasteiger partial charge in [0.1, 0.15) is 5.54 Å². The maximum atomic E-state index is 13.6. The molecule has 0 radical (unpaired) electrons. The fourth-order valence-corrected chi connectivity index (χ4v) is 5.86. The van der Waals surface area contributed by atoms with Crippen LogP contribution in [0.3, 0.4) is 0 Å². The molecule has 1 N–H and O–H groups in total. The summed E-state index contributed by atoms with van der Waals surface area (Å²) in [4.78, 5) is 22.5. The molecule has 6 nitrogen and oxygen atoms in total. The summed E-state index contributed by atoms with van der Waals surface area (Å²) in [5.41, 5.74) is 2.93. The number of rotatable bonds is 4. The molecule has 3 heterocycles. The van der Waals surface area contributed by atoms with E-state index in [9.17, 15) is 9.90 Å². The van der Waals surface area contributed by atoms with Crippen molar-refractivity contribution < 1.29 is 9.90 Å². The lowest BCUT2D eigenvalue weighted by Crippen LogP contribution is -2.51. The zero-order valence-electron chi connectivity index (χ0n) is 18.4. The van der Waals surface area contributed by atoms with Crippen molar-refractivity contribution in [2.75, 3.05) is 13.1 Å². The Hall–Kier alpha value is -2.75. The monoisotopic (exact) mass is 430 g/mol. The van der Waals surface area contributed by atoms with Crippen molar-refractivity contribution in [3.8, 4) is 17.3 Å². The normalized spacial score (nSPS) is 26.7. The van der Waals surface area contributed by atoms with Crippen molar-refractivity contribution in [1.82, 2.24) is 14.8 Å². The molecule has 2 saturated heterocycles. The Morgan fingerprint density at radius 1 is 1.12 bits per heavy atom. The Bertz CT molecular complexity index is 1010. The molecule has 1 amide bonds. The lowest BCUT2D eigenvalue weighted by Gasteiger charge is -2.36. The van der Waals surface area contributed by atoms with Gasteiger partial charge in [-0.2, -0.15) is 5.26 Å². The van der Waals surface area contributed by atoms with Gasteiger partial charge in [0.2, 0.25) is 5.91 Å². The molecule has 2 aromatic rings. The van der Waals surface area contributed by atoms with E-state index in [1.54, 1.807) is 12.1 Å². The van der Waals surface area contributed by atoms with Crippen LogP contribution < -0.4 is 0 Å². The van der Waals surface area contributed by atoms with Gasteiger partial charge in [-0.25, -0.2) is 0 Å². The van der Waals surface area contributed by atoms with Crippen LogP contribution in [0.25, 0.3) is 11.3 Å². The second kappa shape index (κ2) is 8.65. The number of hydrogen-bond donors (Lipinski definition) is 1. The number of aromatic nitrogens is 1. The quantitative estimate of drug-likeness (QED) is 0.803. The third-order valence-electron chi connectivity index (χ3n) is 7.56. The maximum Gasteiger partial charge on any atom is 0.243 e. The SMILES string of the molecule is N#Cc1ccc(-c2ccc(CN3C[C@H](O)C[C@]34CCN(C3CCCCC3)C4=O)cn2)cc1. The molecule has 0 unspecified atom stereocenters. The summed E-state index contributed by atoms with van der Waals surface area (Å²) in [5.74, 6) is 0.225. The maximum absolute atomic E-state index is 13.6. The molecule has 1 aromatic carbocycles. The van der Waals surface area contributed by atoms with Crippen molar-refractivity contribution in [2.45, 2.75) is 69.2 Å². The van der Waals surface area contributed by atoms with Crippen molar-refractivity contribution >= 4 is 5.91 Å². The summed E-state index contributed by atoms with van der Waals surface area (Å²) in [6, 6.07) is 14.0. The Morgan fingerprint density at radius 3 is 2.59 bits per heavy atom. The largest absolute Gasteiger partial charge is 0.392 e. The molecular formula is C26H30N4O2. The van der Waals surface area contributed by atoms with E-state index in [-0.39, 0.29) is 5.91 Å². The van der Waals surface area contributed by atoms with Crippen LogP contribution in [0.15, 0.2) is 42.6 Å². The van der Waals surface area contributed by atoms with Gasteiger partial charge in [-0.3, -0.25) is 14.7 Å². The molecule has 3 aliphatic rings. The van der Waals surface area contributed by atoms with Crippen LogP contribution in [0.5, 0.6) is 0 Å². The molecule has 166 valence electrons. The number of likely N-dealkylation sites (tertiary alicyclic amines) is 2. The number of amides is 1. The highest BCUT2D eigenvalue weighted by atomic mass is 16.3. The van der Waals surface area contributed by atoms with E-state index in [2.05, 4.69) is 26.9 Å². The fourth-order valence-electron chi connectivity index (χ4n) is 5.86. The minimum Gasteiger partial charge on any atom is -0.392 e. The van der Waals surface area contributed by atoms with Gasteiger partial charge in [0.05, 0.1) is 23.4 Å². The standard InChI is InChI=1S/C26H30N4O2/c27-15-19-6-9-21(10-7-19)24-11-8-20(16-28-24)17-29-18-23(31)14-26(29)12-13-30(25(26)32)22-4-2-1-3-5-22/h6-11,16,22-23,31H,1-5,12-14,17-18H2/t23-,26+/m1/s1. The number of aliphatic hydroxyl groups excluding tert-OH is 1. The Morgan fingerprint density at radius 2 is 1.91 bits per heavy atom. The zero-order chi connectivity index (χ0) is 22.1. The Labute approximate surface area is 189 Å². The van der Waals surface area contributed by atoms with Gasteiger partial charge in [-0.05, 0) is 43.0 Å². The molecule has 2 aliphatic heterocycles. The van der Waals surface area contributed by atoms with Crippen LogP contribution in [-0.2, 0) is 11.3 Å². The van der Waals surface area contributed by atoms with E-state index in [0.717, 1.165) is 42.6 Å². The second-order valence-electron chi connectivity index (χ2n) is 9.55. The molecule has 3 fully saturated rings. The van der Waals surface area contributed by atoms with E-state index in [1.165, 1.54) is 19.3 Å². The smallest absolute Gasteiger partial charge is 0.243 e. The van der Waals surface area contributed by atoms with Gasteiger partial charge < -0.3 is 10.0 Å². The number of carbonyl (C=O) groups is 1. The van der Waals surface area contributed by atoms with Crippen LogP contribution >= 0.6 is 0 Å². The van der Waals surface area contributed by atoms with Gasteiger partial charge in [0.15, 0.2) is 0 Å². The first-order chi connectivity index (χ1) is 15.6. The van der Waals surface area contributed by atoms with Crippen LogP contribution in [0, 0.1) is 11.3 Å². The Kier molecular flexibility index (Phi) is 5.71. The van der Waals surface area contributed by atoms with E-state index >= 15 is 0 Å². The predicted octanol–water partition coefficient (Wildman–Crippen LogP) is 3.49. The van der Waals surface area contributed by atoms with Crippen LogP contribution in [-0.4, -0.2) is 56.6 Å². The lowest BCUT2D eigenvalue weighted by atomic mass is 9.92. The molecule has 1 saturated carbocycles. The third-order valence-corrected chi connectivity index (χ3v) is 7.56. The van der Waals surface area contributed by atoms with Gasteiger partial charge in [-0.15, -0.1) is 0 Å². The minimum atomic E-state index is -0.567. The number of β-amino-alcohol motifs (C(OH)–C–C–N with tert-alkyl or cyclic N) is 1. The summed E-state index contributed by atoms with van der Waals surface area (Å²) >= 11 is 0. The van der Waals surface area contributed by atoms with E-state index in [0.29, 0.717) is 31.1 Å². The highest BCUT2D eigenvalue weighted by Gasteiger charge is 2.56. The zero-order valence-corrected chi connectivity index (χ0v) is 18.4. The van der Waals surface area contributed by atoms with Crippen LogP contribution in [0.2, 0.25) is 0 Å². The van der Waals surface area contributed by atoms with E-state index in [1.807, 2.05) is 24.4 Å².